The fourth-order valence-corrected chi connectivity index (χ4v) is 2.79. The number of anilines is 2. The van der Waals surface area contributed by atoms with Gasteiger partial charge in [0.2, 0.25) is 0 Å². The monoisotopic (exact) mass is 410 g/mol. The topological polar surface area (TPSA) is 76.6 Å². The molecule has 1 aromatic heterocycles. The number of piperidine rings is 1. The smallest absolute Gasteiger partial charge is 0.147 e. The van der Waals surface area contributed by atoms with Gasteiger partial charge in [-0.15, -0.1) is 0 Å². The van der Waals surface area contributed by atoms with E-state index in [9.17, 15) is 4.79 Å². The molecule has 0 bridgehead atoms. The number of aromatic nitrogens is 2. The SMILES string of the molecule is CC.CC.CC(=O)C1CCN(c2cnc(NCCOCCOC(C)C)cn2)CC1. The van der Waals surface area contributed by atoms with Crippen LogP contribution in [-0.2, 0) is 14.3 Å². The first-order valence-corrected chi connectivity index (χ1v) is 11.1. The van der Waals surface area contributed by atoms with Crippen molar-refractivity contribution < 1.29 is 14.3 Å². The second-order valence-electron chi connectivity index (χ2n) is 6.59. The first-order chi connectivity index (χ1) is 14.1. The lowest BCUT2D eigenvalue weighted by Gasteiger charge is -2.31. The Kier molecular flexibility index (Phi) is 16.1. The van der Waals surface area contributed by atoms with Gasteiger partial charge >= 0.3 is 0 Å². The number of rotatable bonds is 10. The molecule has 1 aliphatic heterocycles. The fourth-order valence-electron chi connectivity index (χ4n) is 2.79. The number of carbonyl (C=O) groups is 1. The van der Waals surface area contributed by atoms with Crippen molar-refractivity contribution in [1.82, 2.24) is 9.97 Å². The highest BCUT2D eigenvalue weighted by Crippen LogP contribution is 2.22. The number of hydrogen-bond donors (Lipinski definition) is 1. The minimum atomic E-state index is 0.205. The maximum atomic E-state index is 11.4. The Hall–Kier alpha value is -1.73. The summed E-state index contributed by atoms with van der Waals surface area (Å²) in [6.45, 7) is 17.9. The lowest BCUT2D eigenvalue weighted by atomic mass is 9.93. The lowest BCUT2D eigenvalue weighted by Crippen LogP contribution is -2.36. The summed E-state index contributed by atoms with van der Waals surface area (Å²) >= 11 is 0. The molecule has 7 nitrogen and oxygen atoms in total. The van der Waals surface area contributed by atoms with Gasteiger partial charge in [-0.05, 0) is 33.6 Å². The van der Waals surface area contributed by atoms with Gasteiger partial charge in [0.15, 0.2) is 0 Å². The van der Waals surface area contributed by atoms with Crippen LogP contribution in [0.5, 0.6) is 0 Å². The Morgan fingerprint density at radius 1 is 1.10 bits per heavy atom. The van der Waals surface area contributed by atoms with Crippen molar-refractivity contribution in [2.45, 2.75) is 67.4 Å². The zero-order valence-electron chi connectivity index (χ0n) is 19.5. The van der Waals surface area contributed by atoms with Crippen LogP contribution in [0.4, 0.5) is 11.6 Å². The van der Waals surface area contributed by atoms with E-state index >= 15 is 0 Å². The third-order valence-corrected chi connectivity index (χ3v) is 4.26. The van der Waals surface area contributed by atoms with Crippen LogP contribution in [0.1, 0.15) is 61.3 Å². The van der Waals surface area contributed by atoms with Gasteiger partial charge in [0, 0.05) is 25.6 Å². The summed E-state index contributed by atoms with van der Waals surface area (Å²) in [5.74, 6) is 2.11. The van der Waals surface area contributed by atoms with E-state index in [0.717, 1.165) is 37.6 Å². The quantitative estimate of drug-likeness (QED) is 0.580. The van der Waals surface area contributed by atoms with Gasteiger partial charge in [-0.1, -0.05) is 27.7 Å². The average Bonchev–Trinajstić information content (AvgIpc) is 2.76. The molecule has 0 aliphatic carbocycles. The van der Waals surface area contributed by atoms with E-state index in [1.54, 1.807) is 19.3 Å². The predicted octanol–water partition coefficient (Wildman–Crippen LogP) is 4.19. The highest BCUT2D eigenvalue weighted by molar-refractivity contribution is 5.78. The average molecular weight is 411 g/mol. The van der Waals surface area contributed by atoms with Gasteiger partial charge in [-0.2, -0.15) is 0 Å². The van der Waals surface area contributed by atoms with Gasteiger partial charge in [-0.25, -0.2) is 9.97 Å². The lowest BCUT2D eigenvalue weighted by molar-refractivity contribution is -0.121. The number of carbonyl (C=O) groups excluding carboxylic acids is 1. The Balaban J connectivity index is 0.00000184. The molecule has 1 N–H and O–H groups in total. The van der Waals surface area contributed by atoms with Crippen LogP contribution in [0.2, 0.25) is 0 Å². The molecule has 7 heteroatoms. The number of ether oxygens (including phenoxy) is 2. The van der Waals surface area contributed by atoms with Gasteiger partial charge in [0.05, 0.1) is 38.3 Å². The van der Waals surface area contributed by atoms with E-state index in [2.05, 4.69) is 20.2 Å². The molecule has 0 unspecified atom stereocenters. The van der Waals surface area contributed by atoms with E-state index in [4.69, 9.17) is 9.47 Å². The van der Waals surface area contributed by atoms with Crippen molar-refractivity contribution >= 4 is 17.4 Å². The summed E-state index contributed by atoms with van der Waals surface area (Å²) in [5.41, 5.74) is 0. The van der Waals surface area contributed by atoms with Crippen LogP contribution < -0.4 is 10.2 Å². The molecule has 1 saturated heterocycles. The number of hydrogen-bond acceptors (Lipinski definition) is 7. The third-order valence-electron chi connectivity index (χ3n) is 4.26. The van der Waals surface area contributed by atoms with E-state index < -0.39 is 0 Å². The molecule has 0 atom stereocenters. The predicted molar refractivity (Wildman–Crippen MR) is 121 cm³/mol. The van der Waals surface area contributed by atoms with Gasteiger partial charge in [0.25, 0.3) is 0 Å². The zero-order valence-corrected chi connectivity index (χ0v) is 19.5. The van der Waals surface area contributed by atoms with Crippen molar-refractivity contribution in [3.05, 3.63) is 12.4 Å². The number of ketones is 1. The summed E-state index contributed by atoms with van der Waals surface area (Å²) in [6, 6.07) is 0. The zero-order chi connectivity index (χ0) is 22.1. The minimum absolute atomic E-state index is 0.205. The summed E-state index contributed by atoms with van der Waals surface area (Å²) < 4.78 is 10.9. The molecule has 0 radical (unpaired) electrons. The molecule has 1 aliphatic rings. The highest BCUT2D eigenvalue weighted by atomic mass is 16.5. The molecule has 1 aromatic rings. The van der Waals surface area contributed by atoms with Crippen LogP contribution in [-0.4, -0.2) is 61.3 Å². The Labute approximate surface area is 177 Å². The highest BCUT2D eigenvalue weighted by Gasteiger charge is 2.23. The molecule has 0 aromatic carbocycles. The van der Waals surface area contributed by atoms with Gasteiger partial charge in [0.1, 0.15) is 17.4 Å². The molecular weight excluding hydrogens is 368 g/mol. The Morgan fingerprint density at radius 2 is 1.76 bits per heavy atom. The normalized spacial score (nSPS) is 13.9. The molecular formula is C22H42N4O3. The van der Waals surface area contributed by atoms with E-state index in [1.165, 1.54) is 0 Å². The largest absolute Gasteiger partial charge is 0.377 e. The van der Waals surface area contributed by atoms with Crippen LogP contribution in [0.15, 0.2) is 12.4 Å². The summed E-state index contributed by atoms with van der Waals surface area (Å²) in [6.07, 6.45) is 5.56. The van der Waals surface area contributed by atoms with Crippen LogP contribution in [0.3, 0.4) is 0 Å². The van der Waals surface area contributed by atoms with Crippen LogP contribution >= 0.6 is 0 Å². The second-order valence-corrected chi connectivity index (χ2v) is 6.59. The fraction of sp³-hybridized carbons (Fsp3) is 0.773. The molecule has 168 valence electrons. The number of nitrogens with zero attached hydrogens (tertiary/aromatic N) is 3. The van der Waals surface area contributed by atoms with E-state index in [1.807, 2.05) is 41.5 Å². The van der Waals surface area contributed by atoms with Crippen molar-refractivity contribution in [1.29, 1.82) is 0 Å². The molecule has 0 amide bonds. The van der Waals surface area contributed by atoms with Gasteiger partial charge < -0.3 is 19.7 Å². The Bertz CT molecular complexity index is 515. The molecule has 0 saturated carbocycles. The molecule has 2 heterocycles. The Morgan fingerprint density at radius 3 is 2.28 bits per heavy atom. The molecule has 29 heavy (non-hydrogen) atoms. The first kappa shape index (κ1) is 27.3. The number of nitrogens with one attached hydrogen (secondary N) is 1. The van der Waals surface area contributed by atoms with Crippen molar-refractivity contribution in [2.24, 2.45) is 5.92 Å². The van der Waals surface area contributed by atoms with Crippen molar-refractivity contribution in [3.63, 3.8) is 0 Å². The summed E-state index contributed by atoms with van der Waals surface area (Å²) in [4.78, 5) is 22.5. The maximum absolute atomic E-state index is 11.4. The van der Waals surface area contributed by atoms with Crippen molar-refractivity contribution in [3.8, 4) is 0 Å². The second kappa shape index (κ2) is 17.2. The van der Waals surface area contributed by atoms with E-state index in [0.29, 0.717) is 32.1 Å². The van der Waals surface area contributed by atoms with Gasteiger partial charge in [-0.3, -0.25) is 4.79 Å². The summed E-state index contributed by atoms with van der Waals surface area (Å²) in [7, 11) is 0. The van der Waals surface area contributed by atoms with Crippen LogP contribution in [0.25, 0.3) is 0 Å². The van der Waals surface area contributed by atoms with E-state index in [-0.39, 0.29) is 12.0 Å². The molecule has 0 spiro atoms. The maximum Gasteiger partial charge on any atom is 0.147 e. The molecule has 2 rings (SSSR count). The number of Topliss-reactive ketones (excluding diaryl/α,β-unsaturated/α-hetero) is 1. The third kappa shape index (κ3) is 11.8. The first-order valence-electron chi connectivity index (χ1n) is 11.1. The minimum Gasteiger partial charge on any atom is -0.377 e. The summed E-state index contributed by atoms with van der Waals surface area (Å²) in [5, 5.41) is 3.19. The standard InChI is InChI=1S/C18H30N4O3.2C2H6/c1-14(2)25-11-10-24-9-6-19-17-12-21-18(13-20-17)22-7-4-16(5-8-22)15(3)23;2*1-2/h12-14,16H,4-11H2,1-3H3,(H,19,20);2*1-2H3. The van der Waals surface area contributed by atoms with Crippen molar-refractivity contribution in [2.75, 3.05) is 49.7 Å². The molecule has 1 fully saturated rings. The van der Waals surface area contributed by atoms with Crippen LogP contribution in [0, 0.1) is 5.92 Å².